The molecule has 3 rings (SSSR count). The molecule has 0 radical (unpaired) electrons. The van der Waals surface area contributed by atoms with E-state index < -0.39 is 0 Å². The molecule has 1 N–H and O–H groups in total. The maximum absolute atomic E-state index is 11.1. The van der Waals surface area contributed by atoms with E-state index >= 15 is 0 Å². The predicted octanol–water partition coefficient (Wildman–Crippen LogP) is 3.52. The van der Waals surface area contributed by atoms with Gasteiger partial charge in [0.05, 0.1) is 5.56 Å². The van der Waals surface area contributed by atoms with Crippen molar-refractivity contribution in [3.63, 3.8) is 0 Å². The Labute approximate surface area is 171 Å². The quantitative estimate of drug-likeness (QED) is 0.660. The molecule has 0 spiro atoms. The zero-order valence-electron chi connectivity index (χ0n) is 16.6. The van der Waals surface area contributed by atoms with Gasteiger partial charge < -0.3 is 10.1 Å². The number of amides is 1. The zero-order valence-corrected chi connectivity index (χ0v) is 16.6. The number of ether oxygens (including phenoxy) is 1. The van der Waals surface area contributed by atoms with Crippen LogP contribution in [-0.4, -0.2) is 21.9 Å². The van der Waals surface area contributed by atoms with Crippen molar-refractivity contribution < 1.29 is 9.53 Å². The van der Waals surface area contributed by atoms with Crippen molar-refractivity contribution in [2.24, 2.45) is 0 Å². The second-order valence-corrected chi connectivity index (χ2v) is 6.78. The van der Waals surface area contributed by atoms with Crippen LogP contribution in [0, 0.1) is 11.8 Å². The van der Waals surface area contributed by atoms with Crippen LogP contribution in [0.4, 0.5) is 0 Å². The largest absolute Gasteiger partial charge is 0.459 e. The molecule has 5 nitrogen and oxygen atoms in total. The molecular weight excluding hydrogens is 362 g/mol. The van der Waals surface area contributed by atoms with Crippen molar-refractivity contribution in [1.29, 1.82) is 0 Å². The maximum Gasteiger partial charge on any atom is 0.316 e. The van der Waals surface area contributed by atoms with E-state index in [-0.39, 0.29) is 11.9 Å². The van der Waals surface area contributed by atoms with E-state index in [1.807, 2.05) is 61.5 Å². The number of nitrogens with one attached hydrogen (secondary N) is 1. The first-order valence-electron chi connectivity index (χ1n) is 9.45. The lowest BCUT2D eigenvalue weighted by molar-refractivity contribution is -0.119. The Morgan fingerprint density at radius 3 is 2.28 bits per heavy atom. The van der Waals surface area contributed by atoms with Crippen LogP contribution in [0.1, 0.15) is 36.1 Å². The van der Waals surface area contributed by atoms with Crippen LogP contribution < -0.4 is 10.1 Å². The number of nitrogens with zero attached hydrogens (tertiary/aromatic N) is 2. The highest BCUT2D eigenvalue weighted by atomic mass is 16.5. The lowest BCUT2D eigenvalue weighted by atomic mass is 10.1. The number of carbonyl (C=O) groups excluding carboxylic acids is 1. The highest BCUT2D eigenvalue weighted by molar-refractivity contribution is 5.73. The van der Waals surface area contributed by atoms with Crippen LogP contribution in [0.3, 0.4) is 0 Å². The van der Waals surface area contributed by atoms with E-state index in [2.05, 4.69) is 27.1 Å². The van der Waals surface area contributed by atoms with Crippen molar-refractivity contribution in [2.75, 3.05) is 0 Å². The van der Waals surface area contributed by atoms with E-state index in [4.69, 9.17) is 4.74 Å². The number of hydrogen-bond acceptors (Lipinski definition) is 4. The number of aromatic nitrogens is 2. The van der Waals surface area contributed by atoms with Crippen molar-refractivity contribution in [3.05, 3.63) is 89.2 Å². The Hall–Kier alpha value is -3.65. The van der Waals surface area contributed by atoms with Gasteiger partial charge in [-0.1, -0.05) is 54.3 Å². The number of hydrogen-bond donors (Lipinski definition) is 1. The molecule has 3 aromatic rings. The monoisotopic (exact) mass is 385 g/mol. The van der Waals surface area contributed by atoms with Crippen LogP contribution in [0.5, 0.6) is 6.01 Å². The first-order chi connectivity index (χ1) is 14.1. The predicted molar refractivity (Wildman–Crippen MR) is 112 cm³/mol. The van der Waals surface area contributed by atoms with Gasteiger partial charge in [-0.05, 0) is 36.6 Å². The third kappa shape index (κ3) is 6.78. The topological polar surface area (TPSA) is 64.1 Å². The molecule has 1 atom stereocenters. The van der Waals surface area contributed by atoms with Gasteiger partial charge in [0.15, 0.2) is 0 Å². The minimum atomic E-state index is -0.0151. The molecule has 0 saturated heterocycles. The van der Waals surface area contributed by atoms with Crippen molar-refractivity contribution in [2.45, 2.75) is 32.9 Å². The summed E-state index contributed by atoms with van der Waals surface area (Å²) in [6, 6.07) is 18.3. The van der Waals surface area contributed by atoms with Crippen molar-refractivity contribution >= 4 is 5.91 Å². The fraction of sp³-hybridized carbons (Fsp3) is 0.208. The fourth-order valence-electron chi connectivity index (χ4n) is 2.80. The summed E-state index contributed by atoms with van der Waals surface area (Å²) in [7, 11) is 0. The molecule has 0 saturated carbocycles. The molecule has 1 heterocycles. The molecule has 5 heteroatoms. The highest BCUT2D eigenvalue weighted by Gasteiger charge is 2.04. The molecule has 0 aliphatic heterocycles. The first-order valence-corrected chi connectivity index (χ1v) is 9.45. The summed E-state index contributed by atoms with van der Waals surface area (Å²) >= 11 is 0. The molecule has 0 aliphatic rings. The summed E-state index contributed by atoms with van der Waals surface area (Å²) in [5.41, 5.74) is 3.85. The average Bonchev–Trinajstić information content (AvgIpc) is 2.73. The molecule has 0 fully saturated rings. The summed E-state index contributed by atoms with van der Waals surface area (Å²) in [6.07, 6.45) is 4.10. The van der Waals surface area contributed by atoms with Crippen LogP contribution in [-0.2, 0) is 17.8 Å². The third-order valence-electron chi connectivity index (χ3n) is 4.14. The molecule has 146 valence electrons. The molecule has 29 heavy (non-hydrogen) atoms. The highest BCUT2D eigenvalue weighted by Crippen LogP contribution is 2.08. The number of carbonyl (C=O) groups is 1. The van der Waals surface area contributed by atoms with Gasteiger partial charge in [-0.2, -0.15) is 0 Å². The number of benzene rings is 2. The standard InChI is InChI=1S/C24H23N3O2/c1-18(27-19(2)28)14-21-11-8-20(9-12-21)10-13-23-15-25-24(26-16-23)29-17-22-6-4-3-5-7-22/h3-9,11-12,15-16,18H,14,17H2,1-2H3,(H,27,28). The van der Waals surface area contributed by atoms with Crippen LogP contribution in [0.25, 0.3) is 0 Å². The lowest BCUT2D eigenvalue weighted by Gasteiger charge is -2.12. The Morgan fingerprint density at radius 1 is 0.966 bits per heavy atom. The summed E-state index contributed by atoms with van der Waals surface area (Å²) in [6.45, 7) is 3.95. The smallest absolute Gasteiger partial charge is 0.316 e. The maximum atomic E-state index is 11.1. The lowest BCUT2D eigenvalue weighted by Crippen LogP contribution is -2.31. The minimum absolute atomic E-state index is 0.0151. The molecule has 0 aliphatic carbocycles. The van der Waals surface area contributed by atoms with Gasteiger partial charge in [0.2, 0.25) is 5.91 Å². The van der Waals surface area contributed by atoms with Gasteiger partial charge in [0.1, 0.15) is 6.61 Å². The van der Waals surface area contributed by atoms with Gasteiger partial charge in [-0.3, -0.25) is 4.79 Å². The van der Waals surface area contributed by atoms with Crippen LogP contribution in [0.15, 0.2) is 67.0 Å². The van der Waals surface area contributed by atoms with Gasteiger partial charge in [-0.15, -0.1) is 0 Å². The summed E-state index contributed by atoms with van der Waals surface area (Å²) in [4.78, 5) is 19.5. The second-order valence-electron chi connectivity index (χ2n) is 6.78. The van der Waals surface area contributed by atoms with Crippen LogP contribution in [0.2, 0.25) is 0 Å². The molecule has 1 unspecified atom stereocenters. The minimum Gasteiger partial charge on any atom is -0.459 e. The van der Waals surface area contributed by atoms with E-state index in [0.29, 0.717) is 12.6 Å². The molecule has 2 aromatic carbocycles. The molecular formula is C24H23N3O2. The molecule has 1 amide bonds. The van der Waals surface area contributed by atoms with E-state index in [9.17, 15) is 4.79 Å². The van der Waals surface area contributed by atoms with E-state index in [1.54, 1.807) is 12.4 Å². The normalized spacial score (nSPS) is 11.1. The van der Waals surface area contributed by atoms with Gasteiger partial charge in [0, 0.05) is 30.9 Å². The average molecular weight is 385 g/mol. The summed E-state index contributed by atoms with van der Waals surface area (Å²) in [5, 5.41) is 2.88. The van der Waals surface area contributed by atoms with Gasteiger partial charge in [0.25, 0.3) is 0 Å². The third-order valence-corrected chi connectivity index (χ3v) is 4.14. The fourth-order valence-corrected chi connectivity index (χ4v) is 2.80. The summed E-state index contributed by atoms with van der Waals surface area (Å²) < 4.78 is 5.58. The van der Waals surface area contributed by atoms with Gasteiger partial charge >= 0.3 is 6.01 Å². The Kier molecular flexibility index (Phi) is 6.96. The molecule has 0 bridgehead atoms. The Morgan fingerprint density at radius 2 is 1.62 bits per heavy atom. The van der Waals surface area contributed by atoms with E-state index in [0.717, 1.165) is 28.7 Å². The number of rotatable bonds is 6. The van der Waals surface area contributed by atoms with E-state index in [1.165, 1.54) is 6.92 Å². The SMILES string of the molecule is CC(=O)NC(C)Cc1ccc(C#Cc2cnc(OCc3ccccc3)nc2)cc1. The van der Waals surface area contributed by atoms with Crippen LogP contribution >= 0.6 is 0 Å². The zero-order chi connectivity index (χ0) is 20.5. The summed E-state index contributed by atoms with van der Waals surface area (Å²) in [5.74, 6) is 6.16. The van der Waals surface area contributed by atoms with Crippen molar-refractivity contribution in [1.82, 2.24) is 15.3 Å². The second kappa shape index (κ2) is 10.0. The van der Waals surface area contributed by atoms with Crippen molar-refractivity contribution in [3.8, 4) is 17.9 Å². The Bertz CT molecular complexity index is 988. The Balaban J connectivity index is 1.54. The first kappa shape index (κ1) is 20.1. The molecule has 1 aromatic heterocycles. The van der Waals surface area contributed by atoms with Gasteiger partial charge in [-0.25, -0.2) is 9.97 Å².